The number of carbonyl (C=O) groups is 2. The van der Waals surface area contributed by atoms with Gasteiger partial charge < -0.3 is 78.4 Å². The Morgan fingerprint density at radius 2 is 1.03 bits per heavy atom. The molecule has 0 spiro atoms. The molecule has 0 aromatic rings. The molecule has 26 atom stereocenters. The van der Waals surface area contributed by atoms with E-state index in [0.29, 0.717) is 12.8 Å². The molecule has 4 fully saturated rings. The van der Waals surface area contributed by atoms with Gasteiger partial charge in [-0.05, 0) is 40.5 Å². The van der Waals surface area contributed by atoms with E-state index in [1.807, 2.05) is 48.5 Å². The van der Waals surface area contributed by atoms with Crippen LogP contribution in [0.5, 0.6) is 0 Å². The minimum Gasteiger partial charge on any atom is -0.458 e. The summed E-state index contributed by atoms with van der Waals surface area (Å²) in [4.78, 5) is 27.1. The average molecular weight is 1040 g/mol. The van der Waals surface area contributed by atoms with Gasteiger partial charge in [0.1, 0.15) is 24.4 Å². The van der Waals surface area contributed by atoms with Crippen molar-refractivity contribution < 1.29 is 88.0 Å². The second-order valence-corrected chi connectivity index (χ2v) is 21.8. The minimum atomic E-state index is -1.87. The largest absolute Gasteiger partial charge is 0.458 e. The number of carbonyl (C=O) groups excluding carboxylic acids is 2. The number of aliphatic hydroxyl groups excluding tert-OH is 6. The summed E-state index contributed by atoms with van der Waals surface area (Å²) in [5.41, 5.74) is 0. The molecule has 4 saturated heterocycles. The van der Waals surface area contributed by atoms with Gasteiger partial charge >= 0.3 is 11.9 Å². The van der Waals surface area contributed by atoms with Crippen molar-refractivity contribution in [3.8, 4) is 0 Å². The first-order valence-corrected chi connectivity index (χ1v) is 26.8. The quantitative estimate of drug-likeness (QED) is 0.109. The predicted octanol–water partition coefficient (Wildman–Crippen LogP) is 4.77. The van der Waals surface area contributed by atoms with Gasteiger partial charge in [-0.1, -0.05) is 91.8 Å². The third-order valence-electron chi connectivity index (χ3n) is 16.8. The van der Waals surface area contributed by atoms with Crippen molar-refractivity contribution in [2.24, 2.45) is 47.3 Å². The van der Waals surface area contributed by atoms with Gasteiger partial charge in [-0.15, -0.1) is 0 Å². The number of allylic oxidation sites excluding steroid dienone is 4. The van der Waals surface area contributed by atoms with Gasteiger partial charge in [-0.2, -0.15) is 0 Å². The van der Waals surface area contributed by atoms with Crippen LogP contribution in [0.4, 0.5) is 0 Å². The summed E-state index contributed by atoms with van der Waals surface area (Å²) in [6.07, 6.45) is 0.882. The zero-order valence-corrected chi connectivity index (χ0v) is 45.3. The first kappa shape index (κ1) is 61.2. The lowest BCUT2D eigenvalue weighted by atomic mass is 9.76. The van der Waals surface area contributed by atoms with E-state index in [2.05, 4.69) is 0 Å². The molecule has 0 bridgehead atoms. The number of methoxy groups -OCH3 is 1. The summed E-state index contributed by atoms with van der Waals surface area (Å²) in [5, 5.41) is 77.8. The zero-order valence-electron chi connectivity index (χ0n) is 45.3. The van der Waals surface area contributed by atoms with Gasteiger partial charge in [-0.3, -0.25) is 0 Å². The van der Waals surface area contributed by atoms with Crippen molar-refractivity contribution in [3.05, 3.63) is 48.6 Å². The third-order valence-corrected chi connectivity index (χ3v) is 16.8. The van der Waals surface area contributed by atoms with E-state index in [1.54, 1.807) is 58.9 Å². The molecule has 0 aromatic heterocycles. The molecular weight excluding hydrogens is 949 g/mol. The molecule has 0 aromatic carbocycles. The number of hydrogen-bond donors (Lipinski definition) is 7. The van der Waals surface area contributed by atoms with E-state index in [9.17, 15) is 45.3 Å². The second-order valence-electron chi connectivity index (χ2n) is 21.8. The fourth-order valence-electron chi connectivity index (χ4n) is 11.9. The van der Waals surface area contributed by atoms with Crippen molar-refractivity contribution in [2.75, 3.05) is 7.11 Å². The highest BCUT2D eigenvalue weighted by molar-refractivity contribution is 5.83. The smallest absolute Gasteiger partial charge is 0.331 e. The number of rotatable bonds is 15. The maximum absolute atomic E-state index is 13.6. The molecule has 418 valence electrons. The van der Waals surface area contributed by atoms with Crippen LogP contribution in [0.3, 0.4) is 0 Å². The highest BCUT2D eigenvalue weighted by atomic mass is 16.7. The van der Waals surface area contributed by atoms with Crippen LogP contribution >= 0.6 is 0 Å². The molecule has 5 aliphatic rings. The van der Waals surface area contributed by atoms with Crippen LogP contribution in [0.15, 0.2) is 48.6 Å². The monoisotopic (exact) mass is 1040 g/mol. The van der Waals surface area contributed by atoms with Gasteiger partial charge in [0.2, 0.25) is 0 Å². The average Bonchev–Trinajstić information content (AvgIpc) is 3.33. The van der Waals surface area contributed by atoms with Gasteiger partial charge in [0.25, 0.3) is 0 Å². The van der Waals surface area contributed by atoms with Crippen LogP contribution in [-0.2, 0) is 52.2 Å². The van der Waals surface area contributed by atoms with Crippen LogP contribution in [0.25, 0.3) is 0 Å². The van der Waals surface area contributed by atoms with E-state index in [4.69, 9.17) is 42.6 Å². The maximum atomic E-state index is 13.6. The number of cyclic esters (lactones) is 2. The Morgan fingerprint density at radius 1 is 0.616 bits per heavy atom. The molecule has 0 amide bonds. The summed E-state index contributed by atoms with van der Waals surface area (Å²) in [6.45, 7) is 21.8. The molecule has 0 radical (unpaired) electrons. The van der Waals surface area contributed by atoms with Crippen molar-refractivity contribution in [3.63, 3.8) is 0 Å². The van der Waals surface area contributed by atoms with Gasteiger partial charge in [0, 0.05) is 92.3 Å². The van der Waals surface area contributed by atoms with Gasteiger partial charge in [-0.25, -0.2) is 9.59 Å². The molecule has 18 nitrogen and oxygen atoms in total. The molecule has 18 heteroatoms. The summed E-state index contributed by atoms with van der Waals surface area (Å²) in [7, 11) is 1.52. The van der Waals surface area contributed by atoms with E-state index >= 15 is 0 Å². The van der Waals surface area contributed by atoms with Crippen LogP contribution in [-0.4, -0.2) is 164 Å². The highest BCUT2D eigenvalue weighted by Gasteiger charge is 2.55. The highest BCUT2D eigenvalue weighted by Crippen LogP contribution is 2.46. The molecule has 7 N–H and O–H groups in total. The van der Waals surface area contributed by atoms with Gasteiger partial charge in [0.05, 0.1) is 61.0 Å². The molecule has 0 aliphatic carbocycles. The third kappa shape index (κ3) is 14.7. The molecular formula is C55H90O18. The Kier molecular flexibility index (Phi) is 22.3. The molecule has 0 saturated carbocycles. The molecule has 5 aliphatic heterocycles. The molecule has 5 heterocycles. The molecule has 73 heavy (non-hydrogen) atoms. The van der Waals surface area contributed by atoms with Crippen molar-refractivity contribution >= 4 is 11.9 Å². The minimum absolute atomic E-state index is 0.0207. The van der Waals surface area contributed by atoms with Crippen LogP contribution < -0.4 is 0 Å². The van der Waals surface area contributed by atoms with E-state index in [0.717, 1.165) is 0 Å². The number of esters is 2. The molecule has 0 unspecified atom stereocenters. The second kappa shape index (κ2) is 26.6. The fourth-order valence-corrected chi connectivity index (χ4v) is 11.9. The summed E-state index contributed by atoms with van der Waals surface area (Å²) in [5.74, 6) is -8.77. The maximum Gasteiger partial charge on any atom is 0.331 e. The fraction of sp³-hybridized carbons (Fsp3) is 0.818. The number of hydrogen-bond acceptors (Lipinski definition) is 18. The predicted molar refractivity (Wildman–Crippen MR) is 268 cm³/mol. The van der Waals surface area contributed by atoms with Crippen molar-refractivity contribution in [1.82, 2.24) is 0 Å². The van der Waals surface area contributed by atoms with E-state index in [1.165, 1.54) is 31.4 Å². The van der Waals surface area contributed by atoms with E-state index < -0.39 is 151 Å². The summed E-state index contributed by atoms with van der Waals surface area (Å²) < 4.78 is 56.0. The number of ether oxygens (including phenoxy) is 9. The Balaban J connectivity index is 1.30. The van der Waals surface area contributed by atoms with Crippen LogP contribution in [0.1, 0.15) is 122 Å². The topological polar surface area (TPSA) is 259 Å². The Hall–Kier alpha value is -2.66. The van der Waals surface area contributed by atoms with Crippen LogP contribution in [0, 0.1) is 47.3 Å². The number of aliphatic hydroxyl groups is 7. The van der Waals surface area contributed by atoms with Crippen LogP contribution in [0.2, 0.25) is 0 Å². The normalized spacial score (nSPS) is 45.6. The summed E-state index contributed by atoms with van der Waals surface area (Å²) in [6, 6.07) is 0. The lowest BCUT2D eigenvalue weighted by Crippen LogP contribution is -2.60. The van der Waals surface area contributed by atoms with Crippen molar-refractivity contribution in [1.29, 1.82) is 0 Å². The zero-order chi connectivity index (χ0) is 54.3. The first-order chi connectivity index (χ1) is 34.3. The Bertz CT molecular complexity index is 1850. The van der Waals surface area contributed by atoms with E-state index in [-0.39, 0.29) is 43.6 Å². The summed E-state index contributed by atoms with van der Waals surface area (Å²) >= 11 is 0. The van der Waals surface area contributed by atoms with Gasteiger partial charge in [0.15, 0.2) is 24.2 Å². The standard InChI is InChI=1S/C55H90O18/c1-14-38-34(9)72-54(64,26-42(38)68-46-24-40(56)50(62)36(11)66-46)32(7)48(60)30(5)52-28(3)20-16-18-23-45(59)71-53(29(4)21-17-19-22-44(58)70-52)31(6)49(61)33(8)55(65-13)27-43(39(15-2)35(10)73-55)69-47-25-41(57)51(63)37(12)67-47/h16-23,28-43,46-53,56-57,60-64H,14-15,24-27H2,1-13H3/b20-16-,21-17+,22-19+,23-18+/t28-,29-,30-,31-,32-,33-,34+,35+,36-,37-,38+,39+,40-,41-,42+,43+,46-,47-,48+,49+,50+,51+,52-,53-,54+,55+/m0/s1. The molecule has 5 rings (SSSR count). The lowest BCUT2D eigenvalue weighted by molar-refractivity contribution is -0.352. The first-order valence-electron chi connectivity index (χ1n) is 26.8. The van der Waals surface area contributed by atoms with Crippen molar-refractivity contribution in [2.45, 2.75) is 231 Å². The lowest BCUT2D eigenvalue weighted by Gasteiger charge is -2.52. The Labute approximate surface area is 433 Å². The Morgan fingerprint density at radius 3 is 1.44 bits per heavy atom. The SMILES string of the molecule is CC[C@@H]1[C@@H](C)O[C@@](OC)([C@@H](C)[C@H](O)[C@H](C)[C@H]2OC(=O)/C=C/C=C\[C@H](C)[C@@H]([C@@H](C)[C@@H](O)[C@H](C)[C@@]3(O)C[C@@H](O[C@H]4C[C@H](O)[C@H](O)[C@H](C)O4)[C@H](CC)[C@@H](C)O3)OC(=O)/C=C/C=C/[C@@H]2C)C[C@H]1O[C@H]1C[C@H](O)[C@H](O)[C@H](C)O1.